The number of carbonyl (C=O) groups is 2. The van der Waals surface area contributed by atoms with E-state index in [0.717, 1.165) is 16.2 Å². The van der Waals surface area contributed by atoms with Crippen molar-refractivity contribution in [3.8, 4) is 0 Å². The van der Waals surface area contributed by atoms with Crippen LogP contribution in [0.25, 0.3) is 5.76 Å². The molecule has 30 heavy (non-hydrogen) atoms. The van der Waals surface area contributed by atoms with E-state index in [1.54, 1.807) is 19.9 Å². The Morgan fingerprint density at radius 3 is 2.47 bits per heavy atom. The highest BCUT2D eigenvalue weighted by atomic mass is 19.1. The number of carbonyl (C=O) groups excluding carboxylic acids is 2. The average molecular weight is 409 g/mol. The summed E-state index contributed by atoms with van der Waals surface area (Å²) in [5.41, 5.74) is 2.90. The first kappa shape index (κ1) is 19.6. The third-order valence-electron chi connectivity index (χ3n) is 5.40. The molecule has 1 amide bonds. The van der Waals surface area contributed by atoms with E-state index in [4.69, 9.17) is 4.52 Å². The summed E-state index contributed by atoms with van der Waals surface area (Å²) in [6, 6.07) is 6.02. The average Bonchev–Trinajstić information content (AvgIpc) is 3.30. The van der Waals surface area contributed by atoms with Gasteiger partial charge in [-0.15, -0.1) is 0 Å². The Morgan fingerprint density at radius 2 is 1.90 bits per heavy atom. The monoisotopic (exact) mass is 409 g/mol. The molecule has 1 fully saturated rings. The maximum Gasteiger partial charge on any atom is 0.301 e. The number of aliphatic hydroxyl groups excluding tert-OH is 1. The lowest BCUT2D eigenvalue weighted by atomic mass is 9.94. The van der Waals surface area contributed by atoms with Crippen molar-refractivity contribution in [3.05, 3.63) is 75.6 Å². The second-order valence-corrected chi connectivity index (χ2v) is 7.39. The number of nitrogens with zero attached hydrogens (tertiary/aromatic N) is 2. The van der Waals surface area contributed by atoms with Crippen molar-refractivity contribution in [1.82, 2.24) is 10.1 Å². The first-order chi connectivity index (χ1) is 14.2. The summed E-state index contributed by atoms with van der Waals surface area (Å²) >= 11 is 0. The zero-order chi connectivity index (χ0) is 21.7. The quantitative estimate of drug-likeness (QED) is 0.387. The molecule has 3 heterocycles. The van der Waals surface area contributed by atoms with Crippen LogP contribution in [0.3, 0.4) is 0 Å². The van der Waals surface area contributed by atoms with Crippen LogP contribution in [0.2, 0.25) is 0 Å². The molecule has 4 rings (SSSR count). The van der Waals surface area contributed by atoms with Gasteiger partial charge in [0.2, 0.25) is 0 Å². The number of rotatable bonds is 3. The number of amides is 1. The van der Waals surface area contributed by atoms with Gasteiger partial charge in [-0.05, 0) is 51.0 Å². The van der Waals surface area contributed by atoms with E-state index in [0.29, 0.717) is 22.6 Å². The standard InChI is InChI=1S/C22H20FN3O4/c1-10-8-16(25-30-10)26-19(14-6-5-7-15(23)9-14)18(21(28)22(26)29)20(27)17-11(2)12(3)24-13(17)4/h5-9,19,24,27H,1-4H3/b20-18+. The third kappa shape index (κ3) is 2.92. The van der Waals surface area contributed by atoms with Crippen molar-refractivity contribution in [1.29, 1.82) is 0 Å². The first-order valence-corrected chi connectivity index (χ1v) is 9.36. The van der Waals surface area contributed by atoms with Gasteiger partial charge in [-0.25, -0.2) is 4.39 Å². The maximum atomic E-state index is 14.0. The lowest BCUT2D eigenvalue weighted by molar-refractivity contribution is -0.132. The van der Waals surface area contributed by atoms with Crippen LogP contribution < -0.4 is 4.90 Å². The second kappa shape index (κ2) is 6.98. The Bertz CT molecular complexity index is 1220. The summed E-state index contributed by atoms with van der Waals surface area (Å²) in [7, 11) is 0. The number of aromatic nitrogens is 2. The molecule has 0 saturated carbocycles. The van der Waals surface area contributed by atoms with E-state index in [9.17, 15) is 19.1 Å². The molecule has 8 heteroatoms. The second-order valence-electron chi connectivity index (χ2n) is 7.39. The summed E-state index contributed by atoms with van der Waals surface area (Å²) in [6.45, 7) is 7.07. The number of aryl methyl sites for hydroxylation is 3. The molecule has 3 aromatic rings. The van der Waals surface area contributed by atoms with Crippen molar-refractivity contribution in [2.24, 2.45) is 0 Å². The van der Waals surface area contributed by atoms with Crippen molar-refractivity contribution in [3.63, 3.8) is 0 Å². The molecule has 2 aromatic heterocycles. The minimum Gasteiger partial charge on any atom is -0.507 e. The van der Waals surface area contributed by atoms with E-state index in [2.05, 4.69) is 10.1 Å². The van der Waals surface area contributed by atoms with E-state index >= 15 is 0 Å². The van der Waals surface area contributed by atoms with Crippen LogP contribution in [0.15, 0.2) is 40.4 Å². The van der Waals surface area contributed by atoms with Crippen LogP contribution in [0.4, 0.5) is 10.2 Å². The molecule has 7 nitrogen and oxygen atoms in total. The van der Waals surface area contributed by atoms with Crippen LogP contribution in [-0.4, -0.2) is 26.9 Å². The molecule has 1 aromatic carbocycles. The van der Waals surface area contributed by atoms with Gasteiger partial charge < -0.3 is 14.6 Å². The molecular weight excluding hydrogens is 389 g/mol. The molecule has 1 aliphatic rings. The van der Waals surface area contributed by atoms with Crippen molar-refractivity contribution < 1.29 is 23.6 Å². The maximum absolute atomic E-state index is 14.0. The van der Waals surface area contributed by atoms with Crippen LogP contribution in [0.1, 0.15) is 39.9 Å². The number of halogens is 1. The van der Waals surface area contributed by atoms with Gasteiger partial charge in [-0.1, -0.05) is 17.3 Å². The number of Topliss-reactive ketones (excluding diaryl/α,β-unsaturated/α-hetero) is 1. The first-order valence-electron chi connectivity index (χ1n) is 9.36. The summed E-state index contributed by atoms with van der Waals surface area (Å²) in [4.78, 5) is 30.2. The Labute approximate surface area is 171 Å². The number of ketones is 1. The van der Waals surface area contributed by atoms with Gasteiger partial charge in [0.1, 0.15) is 17.3 Å². The molecule has 0 aliphatic carbocycles. The van der Waals surface area contributed by atoms with Crippen LogP contribution in [-0.2, 0) is 9.59 Å². The van der Waals surface area contributed by atoms with Gasteiger partial charge in [0.05, 0.1) is 11.6 Å². The van der Waals surface area contributed by atoms with Crippen LogP contribution in [0.5, 0.6) is 0 Å². The molecule has 1 atom stereocenters. The molecular formula is C22H20FN3O4. The van der Waals surface area contributed by atoms with Crippen molar-refractivity contribution >= 4 is 23.3 Å². The largest absolute Gasteiger partial charge is 0.507 e. The Kier molecular flexibility index (Phi) is 4.57. The van der Waals surface area contributed by atoms with Crippen LogP contribution >= 0.6 is 0 Å². The van der Waals surface area contributed by atoms with Gasteiger partial charge >= 0.3 is 5.91 Å². The van der Waals surface area contributed by atoms with E-state index in [1.165, 1.54) is 24.3 Å². The molecule has 0 spiro atoms. The van der Waals surface area contributed by atoms with Crippen LogP contribution in [0, 0.1) is 33.5 Å². The Hall–Kier alpha value is -3.68. The van der Waals surface area contributed by atoms with E-state index in [1.807, 2.05) is 13.8 Å². The highest BCUT2D eigenvalue weighted by Gasteiger charge is 2.48. The molecule has 1 unspecified atom stereocenters. The fourth-order valence-corrected chi connectivity index (χ4v) is 3.92. The van der Waals surface area contributed by atoms with E-state index in [-0.39, 0.29) is 17.2 Å². The minimum atomic E-state index is -1.06. The molecule has 1 aliphatic heterocycles. The van der Waals surface area contributed by atoms with Gasteiger partial charge in [-0.2, -0.15) is 0 Å². The number of anilines is 1. The predicted octanol–water partition coefficient (Wildman–Crippen LogP) is 4.00. The number of aromatic amines is 1. The highest BCUT2D eigenvalue weighted by molar-refractivity contribution is 6.51. The van der Waals surface area contributed by atoms with Crippen molar-refractivity contribution in [2.75, 3.05) is 4.90 Å². The molecule has 0 bridgehead atoms. The highest BCUT2D eigenvalue weighted by Crippen LogP contribution is 2.43. The number of H-pyrrole nitrogens is 1. The number of hydrogen-bond donors (Lipinski definition) is 2. The minimum absolute atomic E-state index is 0.113. The fraction of sp³-hybridized carbons (Fsp3) is 0.227. The number of benzene rings is 1. The predicted molar refractivity (Wildman–Crippen MR) is 107 cm³/mol. The lowest BCUT2D eigenvalue weighted by Gasteiger charge is -2.23. The molecule has 1 saturated heterocycles. The Morgan fingerprint density at radius 1 is 1.17 bits per heavy atom. The summed E-state index contributed by atoms with van der Waals surface area (Å²) < 4.78 is 19.1. The number of hydrogen-bond acceptors (Lipinski definition) is 5. The van der Waals surface area contributed by atoms with Crippen molar-refractivity contribution in [2.45, 2.75) is 33.7 Å². The third-order valence-corrected chi connectivity index (χ3v) is 5.40. The van der Waals surface area contributed by atoms with Gasteiger partial charge in [0.15, 0.2) is 5.82 Å². The summed E-state index contributed by atoms with van der Waals surface area (Å²) in [6.07, 6.45) is 0. The summed E-state index contributed by atoms with van der Waals surface area (Å²) in [5.74, 6) is -2.04. The summed E-state index contributed by atoms with van der Waals surface area (Å²) in [5, 5.41) is 15.0. The smallest absolute Gasteiger partial charge is 0.301 e. The molecule has 154 valence electrons. The topological polar surface area (TPSA) is 99.4 Å². The molecule has 2 N–H and O–H groups in total. The van der Waals surface area contributed by atoms with E-state index < -0.39 is 23.5 Å². The zero-order valence-corrected chi connectivity index (χ0v) is 16.9. The lowest BCUT2D eigenvalue weighted by Crippen LogP contribution is -2.29. The van der Waals surface area contributed by atoms with Gasteiger partial charge in [0.25, 0.3) is 5.78 Å². The van der Waals surface area contributed by atoms with Gasteiger partial charge in [-0.3, -0.25) is 14.5 Å². The molecule has 0 radical (unpaired) electrons. The normalized spacial score (nSPS) is 18.4. The zero-order valence-electron chi connectivity index (χ0n) is 16.9. The van der Waals surface area contributed by atoms with Gasteiger partial charge in [0, 0.05) is 23.0 Å². The fourth-order valence-electron chi connectivity index (χ4n) is 3.92. The number of nitrogens with one attached hydrogen (secondary N) is 1. The Balaban J connectivity index is 2.00. The SMILES string of the molecule is Cc1cc(N2C(=O)C(=O)/C(=C(/O)c3c(C)[nH]c(C)c3C)C2c2cccc(F)c2)no1. The number of aliphatic hydroxyl groups is 1.